The summed E-state index contributed by atoms with van der Waals surface area (Å²) in [6.07, 6.45) is 11.1. The third-order valence-electron chi connectivity index (χ3n) is 16.8. The topological polar surface area (TPSA) is 48.4 Å². The quantitative estimate of drug-likeness (QED) is 0.152. The minimum Gasteiger partial charge on any atom is -0.460 e. The summed E-state index contributed by atoms with van der Waals surface area (Å²) in [5.41, 5.74) is 5.77. The fourth-order valence-corrected chi connectivity index (χ4v) is 13.7. The van der Waals surface area contributed by atoms with Gasteiger partial charge in [-0.15, -0.1) is 0 Å². The molecule has 9 atom stereocenters. The van der Waals surface area contributed by atoms with Gasteiger partial charge in [-0.1, -0.05) is 121 Å². The van der Waals surface area contributed by atoms with E-state index >= 15 is 0 Å². The maximum atomic E-state index is 14.5. The van der Waals surface area contributed by atoms with Gasteiger partial charge in [-0.2, -0.15) is 0 Å². The average Bonchev–Trinajstić information content (AvgIpc) is 3.16. The number of para-hydroxylation sites is 2. The molecule has 282 valence electrons. The van der Waals surface area contributed by atoms with E-state index in [9.17, 15) is 4.79 Å². The van der Waals surface area contributed by atoms with Gasteiger partial charge < -0.3 is 9.47 Å². The second-order valence-electron chi connectivity index (χ2n) is 19.5. The molecular weight excluding hydrogens is 663 g/mol. The Bertz CT molecular complexity index is 2120. The van der Waals surface area contributed by atoms with E-state index < -0.39 is 5.41 Å². The van der Waals surface area contributed by atoms with Gasteiger partial charge in [0.05, 0.1) is 16.6 Å². The van der Waals surface area contributed by atoms with Crippen molar-refractivity contribution in [1.82, 2.24) is 4.98 Å². The van der Waals surface area contributed by atoms with E-state index in [-0.39, 0.29) is 33.5 Å². The van der Waals surface area contributed by atoms with Gasteiger partial charge >= 0.3 is 5.97 Å². The van der Waals surface area contributed by atoms with Crippen molar-refractivity contribution in [3.05, 3.63) is 113 Å². The van der Waals surface area contributed by atoms with Gasteiger partial charge in [0.25, 0.3) is 0 Å². The summed E-state index contributed by atoms with van der Waals surface area (Å²) in [7, 11) is 0. The lowest BCUT2D eigenvalue weighted by Gasteiger charge is -2.71. The number of hydrogen-bond acceptors (Lipinski definition) is 4. The first kappa shape index (κ1) is 35.8. The van der Waals surface area contributed by atoms with Crippen molar-refractivity contribution in [2.45, 2.75) is 112 Å². The number of benzene rings is 3. The van der Waals surface area contributed by atoms with Crippen LogP contribution in [0.3, 0.4) is 0 Å². The Balaban J connectivity index is 1.13. The first-order valence-corrected chi connectivity index (χ1v) is 20.9. The molecule has 0 radical (unpaired) electrons. The molecule has 0 aliphatic heterocycles. The smallest absolute Gasteiger partial charge is 0.313 e. The fraction of sp³-hybridized carbons (Fsp3) is 0.520. The zero-order chi connectivity index (χ0) is 37.7. The summed E-state index contributed by atoms with van der Waals surface area (Å²) in [6.45, 7) is 18.1. The van der Waals surface area contributed by atoms with Crippen molar-refractivity contribution >= 4 is 16.9 Å². The van der Waals surface area contributed by atoms with Gasteiger partial charge in [0.1, 0.15) is 18.1 Å². The van der Waals surface area contributed by atoms with Gasteiger partial charge in [0.2, 0.25) is 0 Å². The number of allylic oxidation sites excluding steroid dienone is 2. The molecule has 0 bridgehead atoms. The summed E-state index contributed by atoms with van der Waals surface area (Å²) in [5.74, 6) is 4.12. The van der Waals surface area contributed by atoms with Crippen molar-refractivity contribution < 1.29 is 14.3 Å². The predicted octanol–water partition coefficient (Wildman–Crippen LogP) is 12.4. The number of esters is 1. The second-order valence-corrected chi connectivity index (χ2v) is 19.5. The van der Waals surface area contributed by atoms with Crippen molar-refractivity contribution in [3.63, 3.8) is 0 Å². The van der Waals surface area contributed by atoms with Gasteiger partial charge in [0.15, 0.2) is 0 Å². The maximum absolute atomic E-state index is 14.5. The van der Waals surface area contributed by atoms with Crippen LogP contribution in [-0.4, -0.2) is 11.0 Å². The monoisotopic (exact) mass is 721 g/mol. The Morgan fingerprint density at radius 2 is 1.50 bits per heavy atom. The summed E-state index contributed by atoms with van der Waals surface area (Å²) < 4.78 is 13.2. The highest BCUT2D eigenvalue weighted by Crippen LogP contribution is 2.75. The first-order valence-electron chi connectivity index (χ1n) is 20.9. The van der Waals surface area contributed by atoms with Crippen LogP contribution < -0.4 is 4.74 Å². The van der Waals surface area contributed by atoms with Gasteiger partial charge in [-0.05, 0) is 127 Å². The summed E-state index contributed by atoms with van der Waals surface area (Å²) in [4.78, 5) is 20.0. The predicted molar refractivity (Wildman–Crippen MR) is 217 cm³/mol. The third-order valence-corrected chi connectivity index (χ3v) is 16.8. The number of pyridine rings is 1. The molecule has 4 heteroatoms. The lowest BCUT2D eigenvalue weighted by Crippen LogP contribution is -2.65. The molecule has 54 heavy (non-hydrogen) atoms. The number of carbonyl (C=O) groups is 1. The molecule has 4 nitrogen and oxygen atoms in total. The largest absolute Gasteiger partial charge is 0.460 e. The van der Waals surface area contributed by atoms with Crippen molar-refractivity contribution in [2.24, 2.45) is 51.2 Å². The lowest BCUT2D eigenvalue weighted by molar-refractivity contribution is -0.184. The highest BCUT2D eigenvalue weighted by atomic mass is 16.5. The van der Waals surface area contributed by atoms with E-state index in [1.807, 2.05) is 24.3 Å². The molecule has 4 aromatic rings. The minimum absolute atomic E-state index is 0.0124. The number of fused-ring (bicyclic) bond motifs is 9. The molecule has 5 aliphatic rings. The molecule has 0 saturated heterocycles. The van der Waals surface area contributed by atoms with Gasteiger partial charge in [-0.25, -0.2) is 0 Å². The summed E-state index contributed by atoms with van der Waals surface area (Å²) in [5, 5.41) is 1.09. The van der Waals surface area contributed by atoms with Crippen molar-refractivity contribution in [1.29, 1.82) is 0 Å². The SMILES string of the molecule is C[C@H]1[C@H](C)CC[C@]2(C(=O)OCc3ccccc3)CC[C@]3(C)C(=CC[C@@H]4[C@@]5(C)Cc6c(nc7ccccc7c6Oc6ccccc6)C(C)(C)[C@@H]5CC[C@]43C)[C@H]12. The van der Waals surface area contributed by atoms with Crippen molar-refractivity contribution in [2.75, 3.05) is 0 Å². The van der Waals surface area contributed by atoms with E-state index in [2.05, 4.69) is 115 Å². The van der Waals surface area contributed by atoms with Crippen LogP contribution in [0.5, 0.6) is 11.5 Å². The normalized spacial score (nSPS) is 36.4. The van der Waals surface area contributed by atoms with Gasteiger partial charge in [-0.3, -0.25) is 9.78 Å². The van der Waals surface area contributed by atoms with Crippen LogP contribution in [0.1, 0.15) is 110 Å². The van der Waals surface area contributed by atoms with Crippen LogP contribution in [0.4, 0.5) is 0 Å². The zero-order valence-electron chi connectivity index (χ0n) is 33.6. The van der Waals surface area contributed by atoms with Crippen LogP contribution in [0.2, 0.25) is 0 Å². The molecule has 0 amide bonds. The molecule has 1 aromatic heterocycles. The van der Waals surface area contributed by atoms with E-state index in [4.69, 9.17) is 14.5 Å². The average molecular weight is 722 g/mol. The number of ether oxygens (including phenoxy) is 2. The lowest BCUT2D eigenvalue weighted by atomic mass is 9.33. The molecule has 3 aromatic carbocycles. The molecule has 0 unspecified atom stereocenters. The number of aromatic nitrogens is 1. The number of rotatable bonds is 5. The highest BCUT2D eigenvalue weighted by Gasteiger charge is 2.70. The van der Waals surface area contributed by atoms with Crippen LogP contribution in [0, 0.1) is 51.2 Å². The van der Waals surface area contributed by atoms with Crippen molar-refractivity contribution in [3.8, 4) is 11.5 Å². The highest BCUT2D eigenvalue weighted by molar-refractivity contribution is 5.87. The minimum atomic E-state index is -0.446. The molecule has 9 rings (SSSR count). The fourth-order valence-electron chi connectivity index (χ4n) is 13.7. The summed E-state index contributed by atoms with van der Waals surface area (Å²) in [6, 6.07) is 29.1. The standard InChI is InChI=1S/C50H59NO3/c1-32-24-27-50(45(52)53-31-34-16-10-8-11-17-34)29-28-48(6)38(42(50)33(32)2)22-23-41-47(5)30-37-43(54-35-18-12-9-13-19-35)36-20-14-15-21-39(36)51-44(37)46(3,4)40(47)25-26-49(41,48)7/h8-22,32-33,40-42H,23-31H2,1-7H3/t32-,33+,40+,41-,42+,47+,48-,49-,50+/m1/s1. The van der Waals surface area contributed by atoms with Gasteiger partial charge in [0, 0.05) is 16.4 Å². The molecule has 5 aliphatic carbocycles. The van der Waals surface area contributed by atoms with Crippen LogP contribution >= 0.6 is 0 Å². The van der Waals surface area contributed by atoms with E-state index in [1.165, 1.54) is 24.1 Å². The summed E-state index contributed by atoms with van der Waals surface area (Å²) >= 11 is 0. The molecule has 3 fully saturated rings. The van der Waals surface area contributed by atoms with E-state index in [0.29, 0.717) is 30.3 Å². The second kappa shape index (κ2) is 12.6. The number of hydrogen-bond donors (Lipinski definition) is 0. The first-order chi connectivity index (χ1) is 25.8. The van der Waals surface area contributed by atoms with E-state index in [1.54, 1.807) is 5.57 Å². The third kappa shape index (κ3) is 4.99. The molecule has 3 saturated carbocycles. The molecular formula is C50H59NO3. The Kier molecular flexibility index (Phi) is 8.31. The Hall–Kier alpha value is -3.92. The molecule has 0 spiro atoms. The number of nitrogens with zero attached hydrogens (tertiary/aromatic N) is 1. The molecule has 1 heterocycles. The Morgan fingerprint density at radius 1 is 0.796 bits per heavy atom. The zero-order valence-corrected chi connectivity index (χ0v) is 33.6. The maximum Gasteiger partial charge on any atom is 0.313 e. The Labute approximate surface area is 323 Å². The molecule has 0 N–H and O–H groups in total. The van der Waals surface area contributed by atoms with E-state index in [0.717, 1.165) is 66.5 Å². The number of carbonyl (C=O) groups excluding carboxylic acids is 1. The van der Waals surface area contributed by atoms with Crippen LogP contribution in [0.25, 0.3) is 10.9 Å². The van der Waals surface area contributed by atoms with Crippen LogP contribution in [-0.2, 0) is 28.0 Å². The Morgan fingerprint density at radius 3 is 2.26 bits per heavy atom. The van der Waals surface area contributed by atoms with Crippen LogP contribution in [0.15, 0.2) is 96.6 Å².